The molecule has 0 radical (unpaired) electrons. The number of carbonyl (C=O) groups excluding carboxylic acids is 2. The summed E-state index contributed by atoms with van der Waals surface area (Å²) < 4.78 is 0. The van der Waals surface area contributed by atoms with Crippen LogP contribution in [-0.2, 0) is 4.79 Å². The van der Waals surface area contributed by atoms with E-state index in [2.05, 4.69) is 39.8 Å². The zero-order chi connectivity index (χ0) is 18.4. The Balaban J connectivity index is 1.43. The summed E-state index contributed by atoms with van der Waals surface area (Å²) in [5.74, 6) is -0.179. The molecule has 2 aliphatic rings. The molecule has 142 valence electrons. The summed E-state index contributed by atoms with van der Waals surface area (Å²) in [6.07, 6.45) is 5.60. The molecule has 26 heavy (non-hydrogen) atoms. The van der Waals surface area contributed by atoms with Gasteiger partial charge < -0.3 is 15.1 Å². The minimum absolute atomic E-state index is 0.179. The fourth-order valence-corrected chi connectivity index (χ4v) is 4.00. The van der Waals surface area contributed by atoms with E-state index in [0.29, 0.717) is 0 Å². The number of amides is 3. The zero-order valence-corrected chi connectivity index (χ0v) is 15.7. The van der Waals surface area contributed by atoms with E-state index in [0.717, 1.165) is 51.9 Å². The quantitative estimate of drug-likeness (QED) is 0.750. The Hall–Kier alpha value is -2.08. The third kappa shape index (κ3) is 4.97. The van der Waals surface area contributed by atoms with Crippen molar-refractivity contribution < 1.29 is 14.5 Å². The van der Waals surface area contributed by atoms with E-state index in [1.54, 1.807) is 0 Å². The van der Waals surface area contributed by atoms with Crippen molar-refractivity contribution in [2.24, 2.45) is 0 Å². The first kappa shape index (κ1) is 18.7. The van der Waals surface area contributed by atoms with Crippen molar-refractivity contribution in [3.05, 3.63) is 30.3 Å². The van der Waals surface area contributed by atoms with Gasteiger partial charge in [0, 0.05) is 11.7 Å². The van der Waals surface area contributed by atoms with E-state index in [9.17, 15) is 9.59 Å². The van der Waals surface area contributed by atoms with Crippen molar-refractivity contribution in [2.75, 3.05) is 31.1 Å². The van der Waals surface area contributed by atoms with E-state index < -0.39 is 0 Å². The molecule has 0 bridgehead atoms. The summed E-state index contributed by atoms with van der Waals surface area (Å²) in [5, 5.41) is 5.49. The topological polar surface area (TPSA) is 65.9 Å². The standard InChI is InChI=1S/C20H30N4O2/c1-16(19(25)22-20(26)21-17-8-4-2-5-9-17)23-12-14-24(15-13-23)18-10-6-3-7-11-18/h3,6-7,10-11,16-17H,2,4-5,8-9,12-15H2,1H3,(H2,21,22,25,26)/p+1/t16-/m0/s1. The number of para-hydroxylation sites is 1. The summed E-state index contributed by atoms with van der Waals surface area (Å²) >= 11 is 0. The predicted molar refractivity (Wildman–Crippen MR) is 102 cm³/mol. The molecular formula is C20H31N4O2+. The van der Waals surface area contributed by atoms with Crippen LogP contribution in [0.25, 0.3) is 0 Å². The summed E-state index contributed by atoms with van der Waals surface area (Å²) in [5.41, 5.74) is 1.23. The molecule has 0 aromatic heterocycles. The van der Waals surface area contributed by atoms with Gasteiger partial charge in [-0.05, 0) is 31.9 Å². The van der Waals surface area contributed by atoms with Gasteiger partial charge in [-0.2, -0.15) is 0 Å². The van der Waals surface area contributed by atoms with Gasteiger partial charge >= 0.3 is 6.03 Å². The van der Waals surface area contributed by atoms with Crippen molar-refractivity contribution in [1.29, 1.82) is 0 Å². The molecule has 3 N–H and O–H groups in total. The first-order valence-electron chi connectivity index (χ1n) is 9.89. The maximum Gasteiger partial charge on any atom is 0.321 e. The smallest absolute Gasteiger partial charge is 0.321 e. The van der Waals surface area contributed by atoms with Crippen LogP contribution in [0.3, 0.4) is 0 Å². The van der Waals surface area contributed by atoms with Crippen molar-refractivity contribution >= 4 is 17.6 Å². The number of quaternary nitrogens is 1. The van der Waals surface area contributed by atoms with Crippen LogP contribution >= 0.6 is 0 Å². The summed E-state index contributed by atoms with van der Waals surface area (Å²) in [6, 6.07) is 10.0. The van der Waals surface area contributed by atoms with Crippen LogP contribution in [0.1, 0.15) is 39.0 Å². The molecule has 0 spiro atoms. The van der Waals surface area contributed by atoms with Crippen molar-refractivity contribution in [3.63, 3.8) is 0 Å². The van der Waals surface area contributed by atoms with E-state index in [1.165, 1.54) is 17.0 Å². The zero-order valence-electron chi connectivity index (χ0n) is 15.7. The third-order valence-electron chi connectivity index (χ3n) is 5.71. The molecule has 1 aromatic rings. The molecule has 1 saturated heterocycles. The molecule has 0 unspecified atom stereocenters. The Morgan fingerprint density at radius 3 is 2.38 bits per heavy atom. The van der Waals surface area contributed by atoms with Gasteiger partial charge in [0.05, 0.1) is 26.2 Å². The van der Waals surface area contributed by atoms with Crippen LogP contribution in [-0.4, -0.2) is 50.2 Å². The molecule has 3 rings (SSSR count). The monoisotopic (exact) mass is 359 g/mol. The summed E-state index contributed by atoms with van der Waals surface area (Å²) in [6.45, 7) is 5.55. The number of nitrogens with one attached hydrogen (secondary N) is 3. The molecule has 2 fully saturated rings. The third-order valence-corrected chi connectivity index (χ3v) is 5.71. The normalized spacial score (nSPS) is 20.4. The molecule has 6 heteroatoms. The SMILES string of the molecule is C[C@@H](C(=O)NC(=O)NC1CCCCC1)[NH+]1CCN(c2ccccc2)CC1. The second kappa shape index (κ2) is 9.03. The lowest BCUT2D eigenvalue weighted by atomic mass is 9.96. The first-order chi connectivity index (χ1) is 12.6. The molecule has 1 heterocycles. The van der Waals surface area contributed by atoms with Crippen molar-refractivity contribution in [1.82, 2.24) is 10.6 Å². The Kier molecular flexibility index (Phi) is 6.50. The second-order valence-electron chi connectivity index (χ2n) is 7.50. The number of anilines is 1. The number of piperazine rings is 1. The lowest BCUT2D eigenvalue weighted by Crippen LogP contribution is -3.19. The molecule has 1 aromatic carbocycles. The van der Waals surface area contributed by atoms with Crippen LogP contribution < -0.4 is 20.4 Å². The molecular weight excluding hydrogens is 328 g/mol. The maximum atomic E-state index is 12.4. The highest BCUT2D eigenvalue weighted by atomic mass is 16.2. The number of nitrogens with zero attached hydrogens (tertiary/aromatic N) is 1. The maximum absolute atomic E-state index is 12.4. The van der Waals surface area contributed by atoms with E-state index in [4.69, 9.17) is 0 Å². The molecule has 6 nitrogen and oxygen atoms in total. The number of benzene rings is 1. The highest BCUT2D eigenvalue weighted by molar-refractivity contribution is 5.96. The van der Waals surface area contributed by atoms with Crippen LogP contribution in [0.2, 0.25) is 0 Å². The average molecular weight is 359 g/mol. The first-order valence-corrected chi connectivity index (χ1v) is 9.89. The lowest BCUT2D eigenvalue weighted by molar-refractivity contribution is -0.914. The number of carbonyl (C=O) groups is 2. The van der Waals surface area contributed by atoms with Gasteiger partial charge in [-0.3, -0.25) is 10.1 Å². The number of imide groups is 1. The fraction of sp³-hybridized carbons (Fsp3) is 0.600. The van der Waals surface area contributed by atoms with Gasteiger partial charge in [-0.1, -0.05) is 37.5 Å². The van der Waals surface area contributed by atoms with Crippen molar-refractivity contribution in [3.8, 4) is 0 Å². The van der Waals surface area contributed by atoms with E-state index in [-0.39, 0.29) is 24.0 Å². The van der Waals surface area contributed by atoms with Crippen molar-refractivity contribution in [2.45, 2.75) is 51.1 Å². The highest BCUT2D eigenvalue weighted by Crippen LogP contribution is 2.17. The van der Waals surface area contributed by atoms with Gasteiger partial charge in [-0.15, -0.1) is 0 Å². The fourth-order valence-electron chi connectivity index (χ4n) is 4.00. The Morgan fingerprint density at radius 2 is 1.73 bits per heavy atom. The van der Waals surface area contributed by atoms with Gasteiger partial charge in [-0.25, -0.2) is 4.79 Å². The second-order valence-corrected chi connectivity index (χ2v) is 7.50. The number of hydrogen-bond acceptors (Lipinski definition) is 3. The molecule has 1 atom stereocenters. The van der Waals surface area contributed by atoms with Gasteiger partial charge in [0.25, 0.3) is 5.91 Å². The Labute approximate surface area is 155 Å². The lowest BCUT2D eigenvalue weighted by Gasteiger charge is -2.36. The molecule has 1 saturated carbocycles. The Bertz CT molecular complexity index is 593. The predicted octanol–water partition coefficient (Wildman–Crippen LogP) is 0.939. The van der Waals surface area contributed by atoms with Crippen LogP contribution in [0.4, 0.5) is 10.5 Å². The van der Waals surface area contributed by atoms with Gasteiger partial charge in [0.15, 0.2) is 6.04 Å². The van der Waals surface area contributed by atoms with Crippen LogP contribution in [0.5, 0.6) is 0 Å². The Morgan fingerprint density at radius 1 is 1.08 bits per heavy atom. The van der Waals surface area contributed by atoms with Gasteiger partial charge in [0.1, 0.15) is 0 Å². The largest absolute Gasteiger partial charge is 0.360 e. The summed E-state index contributed by atoms with van der Waals surface area (Å²) in [7, 11) is 0. The van der Waals surface area contributed by atoms with E-state index in [1.807, 2.05) is 13.0 Å². The summed E-state index contributed by atoms with van der Waals surface area (Å²) in [4.78, 5) is 28.1. The molecule has 1 aliphatic heterocycles. The number of urea groups is 1. The number of hydrogen-bond donors (Lipinski definition) is 3. The van der Waals surface area contributed by atoms with Gasteiger partial charge in [0.2, 0.25) is 0 Å². The minimum atomic E-state index is -0.337. The van der Waals surface area contributed by atoms with Crippen LogP contribution in [0.15, 0.2) is 30.3 Å². The molecule has 3 amide bonds. The number of rotatable bonds is 4. The average Bonchev–Trinajstić information content (AvgIpc) is 2.69. The minimum Gasteiger partial charge on any atom is -0.360 e. The van der Waals surface area contributed by atoms with Crippen LogP contribution in [0, 0.1) is 0 Å². The molecule has 1 aliphatic carbocycles. The highest BCUT2D eigenvalue weighted by Gasteiger charge is 2.30. The van der Waals surface area contributed by atoms with E-state index >= 15 is 0 Å².